The highest BCUT2D eigenvalue weighted by atomic mass is 79.9. The maximum Gasteiger partial charge on any atom is 0.306 e. The smallest absolute Gasteiger partial charge is 0.306 e. The number of carbonyl (C=O) groups is 9. The predicted molar refractivity (Wildman–Crippen MR) is 291 cm³/mol. The van der Waals surface area contributed by atoms with Crippen molar-refractivity contribution in [2.75, 3.05) is 77.8 Å². The first-order valence-corrected chi connectivity index (χ1v) is 29.7. The number of hydrogen-bond acceptors (Lipinski definition) is 13. The normalized spacial score (nSPS) is 15.1. The molecule has 76 heavy (non-hydrogen) atoms. The Morgan fingerprint density at radius 2 is 0.882 bits per heavy atom. The van der Waals surface area contributed by atoms with E-state index >= 15 is 0 Å². The molecule has 3 amide bonds. The van der Waals surface area contributed by atoms with E-state index in [9.17, 15) is 53.4 Å². The molecule has 0 saturated heterocycles. The SMILES string of the molecule is O=C(O)CCCCCCCCCCCCCCCCCCC(=O)NCC1CCC(C(=O)C[C@@H](CCC(=O)NCCOCCOCC(=O)NCCOCCOCC(=O)C[C@@H](CCCCCC(=O)CBr)C(=O)O)C(=O)O)CC1. The first-order chi connectivity index (χ1) is 36.7. The van der Waals surface area contributed by atoms with Gasteiger partial charge in [0, 0.05) is 64.1 Å². The molecule has 0 heterocycles. The quantitative estimate of drug-likeness (QED) is 0.0246. The molecule has 1 aliphatic carbocycles. The van der Waals surface area contributed by atoms with E-state index in [-0.39, 0.29) is 139 Å². The molecule has 0 bridgehead atoms. The summed E-state index contributed by atoms with van der Waals surface area (Å²) < 4.78 is 21.4. The van der Waals surface area contributed by atoms with E-state index in [0.29, 0.717) is 62.7 Å². The minimum absolute atomic E-state index is 0.0406. The summed E-state index contributed by atoms with van der Waals surface area (Å²) >= 11 is 3.11. The zero-order chi connectivity index (χ0) is 55.9. The molecule has 438 valence electrons. The van der Waals surface area contributed by atoms with Gasteiger partial charge in [0.1, 0.15) is 24.8 Å². The fourth-order valence-electron chi connectivity index (χ4n) is 9.16. The number of hydrogen-bond donors (Lipinski definition) is 6. The Bertz CT molecular complexity index is 1630. The maximum absolute atomic E-state index is 13.1. The van der Waals surface area contributed by atoms with Crippen molar-refractivity contribution in [3.63, 3.8) is 0 Å². The number of alkyl halides is 1. The summed E-state index contributed by atoms with van der Waals surface area (Å²) in [6, 6.07) is 0. The second-order valence-corrected chi connectivity index (χ2v) is 21.0. The number of rotatable bonds is 54. The molecule has 1 saturated carbocycles. The van der Waals surface area contributed by atoms with Crippen LogP contribution >= 0.6 is 15.9 Å². The number of aliphatic carboxylic acids is 3. The Kier molecular flexibility index (Phi) is 44.6. The predicted octanol–water partition coefficient (Wildman–Crippen LogP) is 8.33. The topological polar surface area (TPSA) is 287 Å². The Morgan fingerprint density at radius 3 is 1.41 bits per heavy atom. The van der Waals surface area contributed by atoms with Gasteiger partial charge in [0.15, 0.2) is 5.78 Å². The van der Waals surface area contributed by atoms with E-state index in [0.717, 1.165) is 57.8 Å². The highest BCUT2D eigenvalue weighted by Crippen LogP contribution is 2.31. The minimum Gasteiger partial charge on any atom is -0.481 e. The molecule has 0 unspecified atom stereocenters. The van der Waals surface area contributed by atoms with Crippen molar-refractivity contribution >= 4 is 68.9 Å². The molecule has 2 atom stereocenters. The summed E-state index contributed by atoms with van der Waals surface area (Å²) in [5.74, 6) is -5.39. The van der Waals surface area contributed by atoms with Crippen LogP contribution in [0.1, 0.15) is 199 Å². The largest absolute Gasteiger partial charge is 0.481 e. The van der Waals surface area contributed by atoms with Crippen LogP contribution < -0.4 is 16.0 Å². The molecular formula is C56H96BrN3O16. The standard InChI is InChI=1S/C56H96BrN3O16/c57-40-48(61)21-17-15-16-20-46(55(69)70)38-49(62)42-75-36-34-74-33-31-59-53(66)43-76-37-35-73-32-30-58-52(65)29-28-47(56(71)72)39-50(63)45-26-24-44(25-27-45)41-60-51(64)22-18-13-11-9-7-5-3-1-2-4-6-8-10-12-14-19-23-54(67)68/h44-47H,1-43H2,(H,58,65)(H,59,66)(H,60,64)(H,67,68)(H,69,70)(H,71,72)/t44?,45?,46-,47-/m1/s1. The van der Waals surface area contributed by atoms with E-state index in [1.807, 2.05) is 0 Å². The number of nitrogens with one attached hydrogen (secondary N) is 3. The zero-order valence-corrected chi connectivity index (χ0v) is 47.3. The lowest BCUT2D eigenvalue weighted by atomic mass is 9.78. The van der Waals surface area contributed by atoms with Crippen LogP contribution in [0.25, 0.3) is 0 Å². The third kappa shape index (κ3) is 42.2. The lowest BCUT2D eigenvalue weighted by Gasteiger charge is -2.28. The van der Waals surface area contributed by atoms with Crippen LogP contribution in [0.3, 0.4) is 0 Å². The summed E-state index contributed by atoms with van der Waals surface area (Å²) in [5.41, 5.74) is 0. The molecule has 0 aromatic rings. The van der Waals surface area contributed by atoms with Crippen LogP contribution in [-0.2, 0) is 62.1 Å². The first-order valence-electron chi connectivity index (χ1n) is 28.6. The van der Waals surface area contributed by atoms with Gasteiger partial charge in [0.25, 0.3) is 0 Å². The number of halogens is 1. The maximum atomic E-state index is 13.1. The lowest BCUT2D eigenvalue weighted by molar-refractivity contribution is -0.145. The second-order valence-electron chi connectivity index (χ2n) is 20.4. The van der Waals surface area contributed by atoms with Gasteiger partial charge in [-0.2, -0.15) is 0 Å². The summed E-state index contributed by atoms with van der Waals surface area (Å²) in [5, 5.41) is 36.6. The highest BCUT2D eigenvalue weighted by molar-refractivity contribution is 9.09. The number of ketones is 3. The molecule has 0 aliphatic heterocycles. The Labute approximate surface area is 461 Å². The number of carboxylic acid groups (broad SMARTS) is 3. The van der Waals surface area contributed by atoms with Gasteiger partial charge in [-0.25, -0.2) is 0 Å². The molecule has 0 radical (unpaired) electrons. The minimum atomic E-state index is -1.10. The summed E-state index contributed by atoms with van der Waals surface area (Å²) in [7, 11) is 0. The van der Waals surface area contributed by atoms with Gasteiger partial charge in [0.2, 0.25) is 17.7 Å². The van der Waals surface area contributed by atoms with Gasteiger partial charge < -0.3 is 50.2 Å². The summed E-state index contributed by atoms with van der Waals surface area (Å²) in [6.45, 7) is 1.62. The summed E-state index contributed by atoms with van der Waals surface area (Å²) in [6.07, 6.45) is 25.1. The van der Waals surface area contributed by atoms with Crippen molar-refractivity contribution in [1.29, 1.82) is 0 Å². The molecule has 1 rings (SSSR count). The molecule has 6 N–H and O–H groups in total. The molecule has 19 nitrogen and oxygen atoms in total. The number of unbranched alkanes of at least 4 members (excludes halogenated alkanes) is 17. The first kappa shape index (κ1) is 70.2. The van der Waals surface area contributed by atoms with Crippen molar-refractivity contribution in [2.45, 2.75) is 199 Å². The monoisotopic (exact) mass is 1150 g/mol. The molecule has 20 heteroatoms. The van der Waals surface area contributed by atoms with Gasteiger partial charge in [-0.3, -0.25) is 43.2 Å². The van der Waals surface area contributed by atoms with Gasteiger partial charge in [0.05, 0.1) is 56.8 Å². The number of Topliss-reactive ketones (excluding diaryl/α,β-unsaturated/α-hetero) is 3. The van der Waals surface area contributed by atoms with Crippen LogP contribution in [0, 0.1) is 23.7 Å². The van der Waals surface area contributed by atoms with E-state index in [4.69, 9.17) is 24.1 Å². The van der Waals surface area contributed by atoms with Crippen LogP contribution in [-0.4, -0.2) is 146 Å². The molecule has 1 fully saturated rings. The fourth-order valence-corrected chi connectivity index (χ4v) is 9.44. The summed E-state index contributed by atoms with van der Waals surface area (Å²) in [4.78, 5) is 108. The Balaban J connectivity index is 2.00. The molecule has 0 aromatic carbocycles. The third-order valence-corrected chi connectivity index (χ3v) is 14.4. The zero-order valence-electron chi connectivity index (χ0n) is 45.7. The highest BCUT2D eigenvalue weighted by Gasteiger charge is 2.30. The van der Waals surface area contributed by atoms with E-state index < -0.39 is 29.7 Å². The Hall–Kier alpha value is -3.85. The fraction of sp³-hybridized carbons (Fsp3) is 0.839. The van der Waals surface area contributed by atoms with Crippen molar-refractivity contribution in [1.82, 2.24) is 16.0 Å². The van der Waals surface area contributed by atoms with Gasteiger partial charge in [-0.1, -0.05) is 119 Å². The van der Waals surface area contributed by atoms with Crippen LogP contribution in [0.2, 0.25) is 0 Å². The molecule has 1 aliphatic rings. The van der Waals surface area contributed by atoms with Gasteiger partial charge >= 0.3 is 17.9 Å². The van der Waals surface area contributed by atoms with Crippen molar-refractivity contribution in [2.24, 2.45) is 23.7 Å². The number of ether oxygens (including phenoxy) is 4. The van der Waals surface area contributed by atoms with Gasteiger partial charge in [-0.05, 0) is 63.7 Å². The van der Waals surface area contributed by atoms with Crippen LogP contribution in [0.4, 0.5) is 0 Å². The molecule has 0 spiro atoms. The molecular weight excluding hydrogens is 1050 g/mol. The Morgan fingerprint density at radius 1 is 0.434 bits per heavy atom. The van der Waals surface area contributed by atoms with Crippen LogP contribution in [0.15, 0.2) is 0 Å². The average molecular weight is 1150 g/mol. The van der Waals surface area contributed by atoms with Crippen molar-refractivity contribution in [3.05, 3.63) is 0 Å². The van der Waals surface area contributed by atoms with E-state index in [2.05, 4.69) is 31.9 Å². The third-order valence-electron chi connectivity index (χ3n) is 13.8. The lowest BCUT2D eigenvalue weighted by Crippen LogP contribution is -2.33. The number of carboxylic acids is 3. The van der Waals surface area contributed by atoms with E-state index in [1.165, 1.54) is 64.2 Å². The number of carbonyl (C=O) groups excluding carboxylic acids is 6. The molecule has 0 aromatic heterocycles. The van der Waals surface area contributed by atoms with Gasteiger partial charge in [-0.15, -0.1) is 0 Å². The van der Waals surface area contributed by atoms with Crippen LogP contribution in [0.5, 0.6) is 0 Å². The second kappa shape index (κ2) is 48.3. The number of amides is 3. The van der Waals surface area contributed by atoms with Crippen molar-refractivity contribution < 1.29 is 77.4 Å². The van der Waals surface area contributed by atoms with Crippen molar-refractivity contribution in [3.8, 4) is 0 Å². The van der Waals surface area contributed by atoms with E-state index in [1.54, 1.807) is 0 Å². The average Bonchev–Trinajstić information content (AvgIpc) is 3.39.